The van der Waals surface area contributed by atoms with Crippen LogP contribution in [0.4, 0.5) is 4.39 Å². The van der Waals surface area contributed by atoms with Gasteiger partial charge in [0.2, 0.25) is 15.9 Å². The molecule has 0 saturated heterocycles. The van der Waals surface area contributed by atoms with E-state index in [2.05, 4.69) is 5.32 Å². The monoisotopic (exact) mass is 362 g/mol. The highest BCUT2D eigenvalue weighted by molar-refractivity contribution is 7.88. The van der Waals surface area contributed by atoms with Crippen molar-refractivity contribution in [3.8, 4) is 0 Å². The molecule has 0 aromatic heterocycles. The van der Waals surface area contributed by atoms with Crippen LogP contribution in [0.2, 0.25) is 0 Å². The molecule has 0 aliphatic carbocycles. The van der Waals surface area contributed by atoms with Crippen LogP contribution in [0.5, 0.6) is 0 Å². The number of likely N-dealkylation sites (N-methyl/N-ethyl adjacent to an activating group) is 1. The Labute approximate surface area is 146 Å². The second kappa shape index (κ2) is 6.93. The third-order valence-corrected chi connectivity index (χ3v) is 6.17. The smallest absolute Gasteiger partial charge is 0.238 e. The Morgan fingerprint density at radius 1 is 1.16 bits per heavy atom. The lowest BCUT2D eigenvalue weighted by molar-refractivity contribution is -0.124. The molecule has 0 fully saturated rings. The van der Waals surface area contributed by atoms with Gasteiger partial charge in [-0.1, -0.05) is 36.4 Å². The fourth-order valence-electron chi connectivity index (χ4n) is 3.06. The van der Waals surface area contributed by atoms with Crippen molar-refractivity contribution in [1.82, 2.24) is 9.62 Å². The maximum atomic E-state index is 13.0. The molecule has 0 saturated carbocycles. The van der Waals surface area contributed by atoms with Crippen molar-refractivity contribution in [2.45, 2.75) is 24.8 Å². The Balaban J connectivity index is 1.93. The minimum absolute atomic E-state index is 0.151. The lowest BCUT2D eigenvalue weighted by atomic mass is 9.95. The highest BCUT2D eigenvalue weighted by Crippen LogP contribution is 2.27. The molecule has 5 nitrogen and oxygen atoms in total. The predicted molar refractivity (Wildman–Crippen MR) is 92.6 cm³/mol. The van der Waals surface area contributed by atoms with Crippen LogP contribution in [0.1, 0.15) is 16.7 Å². The second-order valence-electron chi connectivity index (χ2n) is 6.03. The lowest BCUT2D eigenvalue weighted by Gasteiger charge is -2.34. The molecule has 25 heavy (non-hydrogen) atoms. The number of carbonyl (C=O) groups excluding carboxylic acids is 1. The van der Waals surface area contributed by atoms with E-state index in [9.17, 15) is 17.6 Å². The van der Waals surface area contributed by atoms with Crippen LogP contribution in [-0.2, 0) is 33.5 Å². The molecule has 132 valence electrons. The molecule has 1 atom stereocenters. The van der Waals surface area contributed by atoms with E-state index in [4.69, 9.17) is 0 Å². The van der Waals surface area contributed by atoms with Crippen molar-refractivity contribution >= 4 is 15.9 Å². The third kappa shape index (κ3) is 3.72. The van der Waals surface area contributed by atoms with E-state index in [-0.39, 0.29) is 18.2 Å². The Bertz CT molecular complexity index is 881. The van der Waals surface area contributed by atoms with E-state index >= 15 is 0 Å². The summed E-state index contributed by atoms with van der Waals surface area (Å²) in [6.07, 6.45) is 0.332. The van der Waals surface area contributed by atoms with Gasteiger partial charge in [-0.15, -0.1) is 0 Å². The van der Waals surface area contributed by atoms with Gasteiger partial charge < -0.3 is 5.32 Å². The molecule has 3 rings (SSSR count). The molecule has 0 bridgehead atoms. The zero-order valence-corrected chi connectivity index (χ0v) is 14.6. The normalized spacial score (nSPS) is 17.8. The van der Waals surface area contributed by atoms with Crippen molar-refractivity contribution in [2.24, 2.45) is 0 Å². The van der Waals surface area contributed by atoms with Crippen LogP contribution in [-0.4, -0.2) is 31.7 Å². The van der Waals surface area contributed by atoms with E-state index in [1.807, 2.05) is 24.3 Å². The maximum absolute atomic E-state index is 13.0. The van der Waals surface area contributed by atoms with Gasteiger partial charge in [-0.3, -0.25) is 4.79 Å². The van der Waals surface area contributed by atoms with Gasteiger partial charge >= 0.3 is 0 Å². The Morgan fingerprint density at radius 3 is 2.44 bits per heavy atom. The number of benzene rings is 2. The molecule has 0 spiro atoms. The molecule has 2 aromatic rings. The molecule has 1 heterocycles. The third-order valence-electron chi connectivity index (χ3n) is 4.37. The van der Waals surface area contributed by atoms with E-state index in [0.29, 0.717) is 12.0 Å². The topological polar surface area (TPSA) is 66.5 Å². The summed E-state index contributed by atoms with van der Waals surface area (Å²) in [4.78, 5) is 12.3. The van der Waals surface area contributed by atoms with Crippen LogP contribution in [0, 0.1) is 5.82 Å². The summed E-state index contributed by atoms with van der Waals surface area (Å²) < 4.78 is 40.2. The van der Waals surface area contributed by atoms with Gasteiger partial charge in [0.15, 0.2) is 0 Å². The number of hydrogen-bond donors (Lipinski definition) is 1. The van der Waals surface area contributed by atoms with Crippen LogP contribution in [0.25, 0.3) is 0 Å². The summed E-state index contributed by atoms with van der Waals surface area (Å²) in [6, 6.07) is 12.1. The molecule has 1 amide bonds. The molecule has 0 unspecified atom stereocenters. The number of hydrogen-bond acceptors (Lipinski definition) is 3. The largest absolute Gasteiger partial charge is 0.358 e. The SMILES string of the molecule is CNC(=O)[C@@H]1Cc2ccccc2CN1S(=O)(=O)Cc1ccc(F)cc1. The Hall–Kier alpha value is -2.25. The molecule has 1 aliphatic rings. The van der Waals surface area contributed by atoms with Gasteiger partial charge in [0.1, 0.15) is 11.9 Å². The number of fused-ring (bicyclic) bond motifs is 1. The molecule has 0 radical (unpaired) electrons. The summed E-state index contributed by atoms with van der Waals surface area (Å²) in [5, 5.41) is 2.54. The lowest BCUT2D eigenvalue weighted by Crippen LogP contribution is -2.52. The first-order valence-corrected chi connectivity index (χ1v) is 9.54. The quantitative estimate of drug-likeness (QED) is 0.902. The fraction of sp³-hybridized carbons (Fsp3) is 0.278. The summed E-state index contributed by atoms with van der Waals surface area (Å²) in [5.41, 5.74) is 2.35. The van der Waals surface area contributed by atoms with E-state index in [1.54, 1.807) is 0 Å². The molecule has 1 N–H and O–H groups in total. The fourth-order valence-corrected chi connectivity index (χ4v) is 4.73. The minimum atomic E-state index is -3.75. The van der Waals surface area contributed by atoms with Crippen molar-refractivity contribution in [2.75, 3.05) is 7.05 Å². The average molecular weight is 362 g/mol. The van der Waals surface area contributed by atoms with Crippen molar-refractivity contribution in [3.63, 3.8) is 0 Å². The number of nitrogens with zero attached hydrogens (tertiary/aromatic N) is 1. The van der Waals surface area contributed by atoms with E-state index < -0.39 is 21.9 Å². The van der Waals surface area contributed by atoms with Gasteiger partial charge in [0, 0.05) is 13.6 Å². The zero-order valence-electron chi connectivity index (χ0n) is 13.8. The first-order valence-electron chi connectivity index (χ1n) is 7.93. The number of nitrogens with one attached hydrogen (secondary N) is 1. The van der Waals surface area contributed by atoms with Crippen LogP contribution >= 0.6 is 0 Å². The van der Waals surface area contributed by atoms with E-state index in [0.717, 1.165) is 11.1 Å². The summed E-state index contributed by atoms with van der Waals surface area (Å²) in [5.74, 6) is -1.03. The van der Waals surface area contributed by atoms with Crippen LogP contribution < -0.4 is 5.32 Å². The van der Waals surface area contributed by atoms with Gasteiger partial charge in [0.05, 0.1) is 5.75 Å². The van der Waals surface area contributed by atoms with Crippen LogP contribution in [0.15, 0.2) is 48.5 Å². The predicted octanol–water partition coefficient (Wildman–Crippen LogP) is 1.83. The number of halogens is 1. The molecular weight excluding hydrogens is 343 g/mol. The summed E-state index contributed by atoms with van der Waals surface area (Å²) in [6.45, 7) is 0.151. The number of amides is 1. The molecule has 2 aromatic carbocycles. The van der Waals surface area contributed by atoms with Gasteiger partial charge in [-0.25, -0.2) is 12.8 Å². The minimum Gasteiger partial charge on any atom is -0.358 e. The van der Waals surface area contributed by atoms with Crippen LogP contribution in [0.3, 0.4) is 0 Å². The Kier molecular flexibility index (Phi) is 4.87. The summed E-state index contributed by atoms with van der Waals surface area (Å²) >= 11 is 0. The molecule has 7 heteroatoms. The number of rotatable bonds is 4. The molecular formula is C18H19FN2O3S. The number of sulfonamides is 1. The zero-order chi connectivity index (χ0) is 18.0. The second-order valence-corrected chi connectivity index (χ2v) is 7.95. The average Bonchev–Trinajstić information content (AvgIpc) is 2.61. The standard InChI is InChI=1S/C18H19FN2O3S/c1-20-18(22)17-10-14-4-2-3-5-15(14)11-21(17)25(23,24)12-13-6-8-16(19)9-7-13/h2-9,17H,10-12H2,1H3,(H,20,22)/t17-/m0/s1. The van der Waals surface area contributed by atoms with E-state index in [1.165, 1.54) is 35.6 Å². The highest BCUT2D eigenvalue weighted by Gasteiger charge is 2.38. The summed E-state index contributed by atoms with van der Waals surface area (Å²) in [7, 11) is -2.25. The first-order chi connectivity index (χ1) is 11.9. The van der Waals surface area contributed by atoms with Crippen molar-refractivity contribution in [3.05, 3.63) is 71.0 Å². The highest BCUT2D eigenvalue weighted by atomic mass is 32.2. The first kappa shape index (κ1) is 17.6. The maximum Gasteiger partial charge on any atom is 0.238 e. The van der Waals surface area contributed by atoms with Gasteiger partial charge in [0.25, 0.3) is 0 Å². The Morgan fingerprint density at radius 2 is 1.80 bits per heavy atom. The van der Waals surface area contributed by atoms with Crippen molar-refractivity contribution < 1.29 is 17.6 Å². The number of carbonyl (C=O) groups is 1. The van der Waals surface area contributed by atoms with Gasteiger partial charge in [-0.2, -0.15) is 4.31 Å². The van der Waals surface area contributed by atoms with Crippen molar-refractivity contribution in [1.29, 1.82) is 0 Å². The van der Waals surface area contributed by atoms with Gasteiger partial charge in [-0.05, 0) is 35.2 Å². The molecule has 1 aliphatic heterocycles.